The van der Waals surface area contributed by atoms with Crippen LogP contribution in [0.2, 0.25) is 0 Å². The first-order chi connectivity index (χ1) is 9.56. The molecule has 0 radical (unpaired) electrons. The number of amides is 1. The Morgan fingerprint density at radius 3 is 3.00 bits per heavy atom. The molecule has 2 aliphatic rings. The molecule has 1 aliphatic heterocycles. The van der Waals surface area contributed by atoms with Gasteiger partial charge in [0.1, 0.15) is 0 Å². The molecule has 2 heterocycles. The summed E-state index contributed by atoms with van der Waals surface area (Å²) >= 11 is 0. The fourth-order valence-corrected chi connectivity index (χ4v) is 3.79. The number of rotatable bonds is 3. The van der Waals surface area contributed by atoms with Crippen molar-refractivity contribution >= 4 is 5.91 Å². The summed E-state index contributed by atoms with van der Waals surface area (Å²) in [6, 6.07) is 0. The van der Waals surface area contributed by atoms with Gasteiger partial charge >= 0.3 is 0 Å². The topological polar surface area (TPSA) is 59.2 Å². The summed E-state index contributed by atoms with van der Waals surface area (Å²) in [5, 5.41) is 4.22. The first kappa shape index (κ1) is 13.6. The maximum atomic E-state index is 12.3. The lowest BCUT2D eigenvalue weighted by atomic mass is 9.80. The van der Waals surface area contributed by atoms with Crippen LogP contribution in [0, 0.1) is 11.8 Å². The van der Waals surface area contributed by atoms with Gasteiger partial charge in [0.25, 0.3) is 0 Å². The maximum absolute atomic E-state index is 12.3. The molecule has 1 aliphatic carbocycles. The fourth-order valence-electron chi connectivity index (χ4n) is 3.79. The van der Waals surface area contributed by atoms with Crippen molar-refractivity contribution in [2.75, 3.05) is 13.1 Å². The van der Waals surface area contributed by atoms with Gasteiger partial charge in [0, 0.05) is 25.4 Å². The molecule has 1 amide bonds. The minimum Gasteiger partial charge on any atom is -0.341 e. The van der Waals surface area contributed by atoms with E-state index in [2.05, 4.69) is 10.1 Å². The van der Waals surface area contributed by atoms with Crippen LogP contribution in [-0.4, -0.2) is 34.0 Å². The first-order valence-corrected chi connectivity index (χ1v) is 7.68. The van der Waals surface area contributed by atoms with Gasteiger partial charge in [0.05, 0.1) is 5.41 Å². The highest BCUT2D eigenvalue weighted by molar-refractivity contribution is 5.78. The Labute approximate surface area is 119 Å². The van der Waals surface area contributed by atoms with E-state index in [9.17, 15) is 4.79 Å². The van der Waals surface area contributed by atoms with Gasteiger partial charge in [-0.2, -0.15) is 4.98 Å². The number of aromatic nitrogens is 2. The maximum Gasteiger partial charge on any atom is 0.226 e. The molecule has 2 fully saturated rings. The molecular weight excluding hydrogens is 254 g/mol. The second-order valence-electron chi connectivity index (χ2n) is 6.48. The second-order valence-corrected chi connectivity index (χ2v) is 6.48. The van der Waals surface area contributed by atoms with Crippen LogP contribution in [0.1, 0.15) is 51.7 Å². The van der Waals surface area contributed by atoms with Gasteiger partial charge in [-0.25, -0.2) is 0 Å². The highest BCUT2D eigenvalue weighted by atomic mass is 16.5. The largest absolute Gasteiger partial charge is 0.341 e. The van der Waals surface area contributed by atoms with Crippen LogP contribution in [0.25, 0.3) is 0 Å². The number of aryl methyl sites for hydroxylation is 1. The molecule has 110 valence electrons. The summed E-state index contributed by atoms with van der Waals surface area (Å²) in [7, 11) is 0. The predicted molar refractivity (Wildman–Crippen MR) is 74.1 cm³/mol. The lowest BCUT2D eigenvalue weighted by Crippen LogP contribution is -2.37. The Hall–Kier alpha value is -1.39. The third-order valence-corrected chi connectivity index (χ3v) is 4.89. The van der Waals surface area contributed by atoms with Crippen molar-refractivity contribution in [2.45, 2.75) is 51.9 Å². The first-order valence-electron chi connectivity index (χ1n) is 7.68. The Morgan fingerprint density at radius 1 is 1.55 bits per heavy atom. The average molecular weight is 277 g/mol. The van der Waals surface area contributed by atoms with Crippen LogP contribution in [0.3, 0.4) is 0 Å². The highest BCUT2D eigenvalue weighted by Crippen LogP contribution is 2.49. The summed E-state index contributed by atoms with van der Waals surface area (Å²) in [6.07, 6.45) is 4.20. The molecule has 1 aromatic heterocycles. The molecule has 3 rings (SSSR count). The van der Waals surface area contributed by atoms with Crippen LogP contribution < -0.4 is 0 Å². The number of carbonyl (C=O) groups excluding carboxylic acids is 1. The van der Waals surface area contributed by atoms with E-state index in [4.69, 9.17) is 4.52 Å². The third-order valence-electron chi connectivity index (χ3n) is 4.89. The van der Waals surface area contributed by atoms with Crippen LogP contribution in [0.5, 0.6) is 0 Å². The normalized spacial score (nSPS) is 29.2. The van der Waals surface area contributed by atoms with Crippen LogP contribution >= 0.6 is 0 Å². The van der Waals surface area contributed by atoms with Crippen molar-refractivity contribution in [3.63, 3.8) is 0 Å². The summed E-state index contributed by atoms with van der Waals surface area (Å²) < 4.78 is 5.31. The zero-order valence-corrected chi connectivity index (χ0v) is 12.6. The fraction of sp³-hybridized carbons (Fsp3) is 0.800. The van der Waals surface area contributed by atoms with E-state index < -0.39 is 0 Å². The second kappa shape index (κ2) is 4.86. The molecule has 1 saturated heterocycles. The standard InChI is InChI=1S/C15H23N3O2/c1-4-12-16-14(17-20-12)15-7-5-6-11(15)8-18(9-15)13(19)10(2)3/h10-11H,4-9H2,1-3H3/t11-,15-/m1/s1. The molecule has 0 N–H and O–H groups in total. The predicted octanol–water partition coefficient (Wildman–Crippen LogP) is 2.17. The van der Waals surface area contributed by atoms with Gasteiger partial charge in [-0.3, -0.25) is 4.79 Å². The van der Waals surface area contributed by atoms with Crippen LogP contribution in [0.15, 0.2) is 4.52 Å². The Morgan fingerprint density at radius 2 is 2.35 bits per heavy atom. The lowest BCUT2D eigenvalue weighted by molar-refractivity contribution is -0.133. The quantitative estimate of drug-likeness (QED) is 0.849. The molecular formula is C15H23N3O2. The average Bonchev–Trinajstić information content (AvgIpc) is 3.10. The number of carbonyl (C=O) groups is 1. The molecule has 1 aromatic rings. The summed E-state index contributed by atoms with van der Waals surface area (Å²) in [5.74, 6) is 2.33. The number of hydrogen-bond donors (Lipinski definition) is 0. The van der Waals surface area contributed by atoms with Crippen molar-refractivity contribution in [3.05, 3.63) is 11.7 Å². The van der Waals surface area contributed by atoms with Crippen LogP contribution in [0.4, 0.5) is 0 Å². The van der Waals surface area contributed by atoms with E-state index in [1.165, 1.54) is 6.42 Å². The molecule has 0 spiro atoms. The van der Waals surface area contributed by atoms with Crippen molar-refractivity contribution in [1.29, 1.82) is 0 Å². The van der Waals surface area contributed by atoms with Gasteiger partial charge in [0.2, 0.25) is 11.8 Å². The molecule has 1 saturated carbocycles. The Balaban J connectivity index is 1.88. The summed E-state index contributed by atoms with van der Waals surface area (Å²) in [5.41, 5.74) is -0.0541. The van der Waals surface area contributed by atoms with E-state index >= 15 is 0 Å². The van der Waals surface area contributed by atoms with Crippen molar-refractivity contribution in [1.82, 2.24) is 15.0 Å². The van der Waals surface area contributed by atoms with E-state index in [-0.39, 0.29) is 17.2 Å². The summed E-state index contributed by atoms with van der Waals surface area (Å²) in [4.78, 5) is 18.9. The minimum absolute atomic E-state index is 0.0541. The van der Waals surface area contributed by atoms with E-state index in [0.29, 0.717) is 11.8 Å². The van der Waals surface area contributed by atoms with Gasteiger partial charge < -0.3 is 9.42 Å². The Kier molecular flexibility index (Phi) is 3.30. The zero-order valence-electron chi connectivity index (χ0n) is 12.6. The highest BCUT2D eigenvalue weighted by Gasteiger charge is 2.54. The van der Waals surface area contributed by atoms with Gasteiger partial charge in [-0.15, -0.1) is 0 Å². The minimum atomic E-state index is -0.0541. The summed E-state index contributed by atoms with van der Waals surface area (Å²) in [6.45, 7) is 7.56. The molecule has 0 aromatic carbocycles. The van der Waals surface area contributed by atoms with Crippen molar-refractivity contribution in [2.24, 2.45) is 11.8 Å². The number of fused-ring (bicyclic) bond motifs is 1. The van der Waals surface area contributed by atoms with Crippen molar-refractivity contribution in [3.8, 4) is 0 Å². The Bertz CT molecular complexity index is 511. The van der Waals surface area contributed by atoms with Crippen molar-refractivity contribution < 1.29 is 9.32 Å². The smallest absolute Gasteiger partial charge is 0.226 e. The van der Waals surface area contributed by atoms with E-state index in [1.807, 2.05) is 25.7 Å². The lowest BCUT2D eigenvalue weighted by Gasteiger charge is -2.25. The zero-order chi connectivity index (χ0) is 14.3. The molecule has 0 bridgehead atoms. The third kappa shape index (κ3) is 1.95. The van der Waals surface area contributed by atoms with E-state index in [1.54, 1.807) is 0 Å². The van der Waals surface area contributed by atoms with E-state index in [0.717, 1.165) is 38.2 Å². The number of hydrogen-bond acceptors (Lipinski definition) is 4. The van der Waals surface area contributed by atoms with Crippen LogP contribution in [-0.2, 0) is 16.6 Å². The molecule has 5 heteroatoms. The molecule has 5 nitrogen and oxygen atoms in total. The number of nitrogens with zero attached hydrogens (tertiary/aromatic N) is 3. The van der Waals surface area contributed by atoms with Gasteiger partial charge in [0.15, 0.2) is 5.82 Å². The molecule has 20 heavy (non-hydrogen) atoms. The molecule has 0 unspecified atom stereocenters. The van der Waals surface area contributed by atoms with Gasteiger partial charge in [-0.05, 0) is 18.8 Å². The molecule has 2 atom stereocenters. The number of likely N-dealkylation sites (tertiary alicyclic amines) is 1. The SMILES string of the molecule is CCc1nc([C@@]23CCC[C@@H]2CN(C(=O)C(C)C)C3)no1. The monoisotopic (exact) mass is 277 g/mol. The van der Waals surface area contributed by atoms with Gasteiger partial charge in [-0.1, -0.05) is 32.3 Å².